The Hall–Kier alpha value is -1.44. The topological polar surface area (TPSA) is 38.0 Å². The van der Waals surface area contributed by atoms with Gasteiger partial charge in [0.25, 0.3) is 0 Å². The fourth-order valence-corrected chi connectivity index (χ4v) is 0.896. The van der Waals surface area contributed by atoms with E-state index >= 15 is 0 Å². The van der Waals surface area contributed by atoms with Gasteiger partial charge in [0.2, 0.25) is 0 Å². The van der Waals surface area contributed by atoms with Gasteiger partial charge in [-0.05, 0) is 30.2 Å². The van der Waals surface area contributed by atoms with Crippen LogP contribution < -0.4 is 11.1 Å². The molecule has 3 N–H and O–H groups in total. The summed E-state index contributed by atoms with van der Waals surface area (Å²) >= 11 is 0. The summed E-state index contributed by atoms with van der Waals surface area (Å²) in [6.45, 7) is 8.14. The van der Waals surface area contributed by atoms with Crippen LogP contribution in [-0.4, -0.2) is 0 Å². The normalized spacial score (nSPS) is 10.1. The molecule has 0 fully saturated rings. The van der Waals surface area contributed by atoms with Crippen molar-refractivity contribution < 1.29 is 0 Å². The number of hydrogen-bond donors (Lipinski definition) is 2. The third-order valence-corrected chi connectivity index (χ3v) is 1.91. The Morgan fingerprint density at radius 3 is 2.31 bits per heavy atom. The van der Waals surface area contributed by atoms with Gasteiger partial charge in [0.1, 0.15) is 0 Å². The molecule has 0 radical (unpaired) electrons. The molecule has 2 nitrogen and oxygen atoms in total. The lowest BCUT2D eigenvalue weighted by molar-refractivity contribution is 0.778. The molecule has 0 bridgehead atoms. The largest absolute Gasteiger partial charge is 0.399 e. The maximum absolute atomic E-state index is 5.57. The molecule has 0 amide bonds. The van der Waals surface area contributed by atoms with Gasteiger partial charge >= 0.3 is 0 Å². The molecule has 0 aliphatic rings. The van der Waals surface area contributed by atoms with E-state index < -0.39 is 0 Å². The highest BCUT2D eigenvalue weighted by atomic mass is 14.9. The lowest BCUT2D eigenvalue weighted by Crippen LogP contribution is -2.04. The van der Waals surface area contributed by atoms with Crippen molar-refractivity contribution in [1.29, 1.82) is 0 Å². The van der Waals surface area contributed by atoms with Crippen molar-refractivity contribution in [3.8, 4) is 0 Å². The van der Waals surface area contributed by atoms with Gasteiger partial charge in [-0.2, -0.15) is 0 Å². The first-order chi connectivity index (χ1) is 6.09. The maximum atomic E-state index is 5.57. The van der Waals surface area contributed by atoms with Gasteiger partial charge in [-0.3, -0.25) is 0 Å². The van der Waals surface area contributed by atoms with Gasteiger partial charge in [-0.25, -0.2) is 0 Å². The van der Waals surface area contributed by atoms with E-state index in [9.17, 15) is 0 Å². The SMILES string of the molecule is C=C(Nc1ccc(N)cc1)C(C)C. The molecule has 2 heteroatoms. The van der Waals surface area contributed by atoms with E-state index in [0.717, 1.165) is 17.1 Å². The van der Waals surface area contributed by atoms with Crippen LogP contribution in [0.3, 0.4) is 0 Å². The van der Waals surface area contributed by atoms with Crippen LogP contribution in [0.25, 0.3) is 0 Å². The molecule has 0 aromatic heterocycles. The van der Waals surface area contributed by atoms with Gasteiger partial charge in [0, 0.05) is 17.1 Å². The Bertz CT molecular complexity index is 285. The highest BCUT2D eigenvalue weighted by Crippen LogP contribution is 2.15. The summed E-state index contributed by atoms with van der Waals surface area (Å²) in [6.07, 6.45) is 0. The van der Waals surface area contributed by atoms with E-state index in [1.165, 1.54) is 0 Å². The first kappa shape index (κ1) is 9.65. The predicted octanol–water partition coefficient (Wildman–Crippen LogP) is 2.85. The second-order valence-corrected chi connectivity index (χ2v) is 3.43. The van der Waals surface area contributed by atoms with E-state index in [1.54, 1.807) is 0 Å². The van der Waals surface area contributed by atoms with Crippen molar-refractivity contribution in [3.05, 3.63) is 36.5 Å². The first-order valence-electron chi connectivity index (χ1n) is 4.41. The Labute approximate surface area is 79.5 Å². The lowest BCUT2D eigenvalue weighted by Gasteiger charge is -2.12. The highest BCUT2D eigenvalue weighted by Gasteiger charge is 1.99. The quantitative estimate of drug-likeness (QED) is 0.695. The Balaban J connectivity index is 2.65. The molecule has 1 rings (SSSR count). The average molecular weight is 176 g/mol. The number of nitrogens with two attached hydrogens (primary N) is 1. The monoisotopic (exact) mass is 176 g/mol. The Morgan fingerprint density at radius 2 is 1.85 bits per heavy atom. The Kier molecular flexibility index (Phi) is 2.96. The van der Waals surface area contributed by atoms with Gasteiger partial charge in [-0.15, -0.1) is 0 Å². The highest BCUT2D eigenvalue weighted by molar-refractivity contribution is 5.53. The molecule has 0 atom stereocenters. The molecule has 0 unspecified atom stereocenters. The van der Waals surface area contributed by atoms with E-state index in [4.69, 9.17) is 5.73 Å². The summed E-state index contributed by atoms with van der Waals surface area (Å²) in [6, 6.07) is 7.64. The summed E-state index contributed by atoms with van der Waals surface area (Å²) in [5.41, 5.74) is 8.40. The van der Waals surface area contributed by atoms with Crippen molar-refractivity contribution in [2.24, 2.45) is 5.92 Å². The van der Waals surface area contributed by atoms with E-state index in [-0.39, 0.29) is 0 Å². The molecule has 0 aliphatic carbocycles. The zero-order valence-electron chi connectivity index (χ0n) is 8.17. The smallest absolute Gasteiger partial charge is 0.0383 e. The van der Waals surface area contributed by atoms with Crippen LogP contribution in [0.15, 0.2) is 36.5 Å². The van der Waals surface area contributed by atoms with Crippen LogP contribution in [0.4, 0.5) is 11.4 Å². The summed E-state index contributed by atoms with van der Waals surface area (Å²) in [5.74, 6) is 0.442. The number of anilines is 2. The molecular weight excluding hydrogens is 160 g/mol. The second kappa shape index (κ2) is 3.99. The van der Waals surface area contributed by atoms with E-state index in [2.05, 4.69) is 25.7 Å². The average Bonchev–Trinajstić information content (AvgIpc) is 2.08. The number of allylic oxidation sites excluding steroid dienone is 1. The molecule has 0 spiro atoms. The number of hydrogen-bond acceptors (Lipinski definition) is 2. The number of nitrogens with one attached hydrogen (secondary N) is 1. The summed E-state index contributed by atoms with van der Waals surface area (Å²) in [4.78, 5) is 0. The van der Waals surface area contributed by atoms with Gasteiger partial charge in [0.15, 0.2) is 0 Å². The van der Waals surface area contributed by atoms with Gasteiger partial charge < -0.3 is 11.1 Å². The minimum atomic E-state index is 0.442. The van der Waals surface area contributed by atoms with Crippen molar-refractivity contribution in [3.63, 3.8) is 0 Å². The van der Waals surface area contributed by atoms with Gasteiger partial charge in [-0.1, -0.05) is 20.4 Å². The van der Waals surface area contributed by atoms with Crippen LogP contribution in [0, 0.1) is 5.92 Å². The fraction of sp³-hybridized carbons (Fsp3) is 0.273. The molecule has 0 saturated heterocycles. The zero-order valence-corrected chi connectivity index (χ0v) is 8.17. The minimum Gasteiger partial charge on any atom is -0.399 e. The van der Waals surface area contributed by atoms with Crippen LogP contribution in [0.1, 0.15) is 13.8 Å². The number of nitrogen functional groups attached to an aromatic ring is 1. The molecule has 70 valence electrons. The van der Waals surface area contributed by atoms with Gasteiger partial charge in [0.05, 0.1) is 0 Å². The van der Waals surface area contributed by atoms with Crippen molar-refractivity contribution in [2.75, 3.05) is 11.1 Å². The number of rotatable bonds is 3. The molecule has 13 heavy (non-hydrogen) atoms. The van der Waals surface area contributed by atoms with E-state index in [0.29, 0.717) is 5.92 Å². The van der Waals surface area contributed by atoms with Crippen molar-refractivity contribution in [1.82, 2.24) is 0 Å². The van der Waals surface area contributed by atoms with Crippen LogP contribution >= 0.6 is 0 Å². The van der Waals surface area contributed by atoms with Crippen LogP contribution in [-0.2, 0) is 0 Å². The maximum Gasteiger partial charge on any atom is 0.0383 e. The fourth-order valence-electron chi connectivity index (χ4n) is 0.896. The lowest BCUT2D eigenvalue weighted by atomic mass is 10.1. The molecule has 0 heterocycles. The van der Waals surface area contributed by atoms with E-state index in [1.807, 2.05) is 24.3 Å². The summed E-state index contributed by atoms with van der Waals surface area (Å²) < 4.78 is 0. The standard InChI is InChI=1S/C11H16N2/c1-8(2)9(3)13-11-6-4-10(12)5-7-11/h4-8,13H,3,12H2,1-2H3. The van der Waals surface area contributed by atoms with Crippen LogP contribution in [0.5, 0.6) is 0 Å². The predicted molar refractivity (Wildman–Crippen MR) is 58.5 cm³/mol. The number of benzene rings is 1. The summed E-state index contributed by atoms with van der Waals surface area (Å²) in [7, 11) is 0. The third kappa shape index (κ3) is 2.82. The third-order valence-electron chi connectivity index (χ3n) is 1.91. The molecule has 0 saturated carbocycles. The molecular formula is C11H16N2. The molecule has 1 aromatic carbocycles. The molecule has 0 aliphatic heterocycles. The van der Waals surface area contributed by atoms with Crippen molar-refractivity contribution >= 4 is 11.4 Å². The van der Waals surface area contributed by atoms with Crippen molar-refractivity contribution in [2.45, 2.75) is 13.8 Å². The summed E-state index contributed by atoms with van der Waals surface area (Å²) in [5, 5.41) is 3.22. The molecule has 1 aromatic rings. The van der Waals surface area contributed by atoms with Crippen LogP contribution in [0.2, 0.25) is 0 Å². The Morgan fingerprint density at radius 1 is 1.31 bits per heavy atom. The second-order valence-electron chi connectivity index (χ2n) is 3.43. The minimum absolute atomic E-state index is 0.442. The first-order valence-corrected chi connectivity index (χ1v) is 4.41. The zero-order chi connectivity index (χ0) is 9.84.